The van der Waals surface area contributed by atoms with Crippen LogP contribution in [-0.2, 0) is 0 Å². The molecule has 0 aliphatic rings. The van der Waals surface area contributed by atoms with Crippen LogP contribution in [0.4, 0.5) is 5.69 Å². The maximum atomic E-state index is 10.5. The van der Waals surface area contributed by atoms with Gasteiger partial charge in [0.2, 0.25) is 0 Å². The quantitative estimate of drug-likeness (QED) is 0.507. The number of nitro benzene ring substituents is 1. The molecular formula is C7H5N3O3. The van der Waals surface area contributed by atoms with Gasteiger partial charge in [0.05, 0.1) is 11.1 Å². The Morgan fingerprint density at radius 3 is 3.00 bits per heavy atom. The zero-order valence-electron chi connectivity index (χ0n) is 6.39. The lowest BCUT2D eigenvalue weighted by molar-refractivity contribution is -0.384. The molecule has 1 aromatic carbocycles. The zero-order valence-corrected chi connectivity index (χ0v) is 6.39. The average Bonchev–Trinajstić information content (AvgIpc) is 2.50. The summed E-state index contributed by atoms with van der Waals surface area (Å²) >= 11 is 0. The summed E-state index contributed by atoms with van der Waals surface area (Å²) in [5.74, 6) is -0.359. The first kappa shape index (κ1) is 7.53. The highest BCUT2D eigenvalue weighted by Gasteiger charge is 2.18. The molecule has 0 saturated carbocycles. The second-order valence-electron chi connectivity index (χ2n) is 2.52. The van der Waals surface area contributed by atoms with Gasteiger partial charge in [0.1, 0.15) is 5.52 Å². The maximum Gasteiger partial charge on any atom is 0.336 e. The van der Waals surface area contributed by atoms with Crippen molar-refractivity contribution in [3.05, 3.63) is 28.4 Å². The van der Waals surface area contributed by atoms with Gasteiger partial charge in [-0.3, -0.25) is 15.2 Å². The Morgan fingerprint density at radius 2 is 2.31 bits per heavy atom. The molecule has 2 N–H and O–H groups in total. The van der Waals surface area contributed by atoms with Crippen molar-refractivity contribution in [3.63, 3.8) is 0 Å². The molecule has 0 fully saturated rings. The summed E-state index contributed by atoms with van der Waals surface area (Å²) in [6.07, 6.45) is 1.46. The number of fused-ring (bicyclic) bond motifs is 1. The molecule has 0 saturated heterocycles. The molecule has 2 rings (SSSR count). The minimum absolute atomic E-state index is 0.241. The first-order valence-corrected chi connectivity index (χ1v) is 3.49. The van der Waals surface area contributed by atoms with E-state index >= 15 is 0 Å². The molecule has 0 atom stereocenters. The minimum Gasteiger partial charge on any atom is -0.502 e. The summed E-state index contributed by atoms with van der Waals surface area (Å²) in [5, 5.41) is 26.4. The van der Waals surface area contributed by atoms with Gasteiger partial charge in [0.25, 0.3) is 0 Å². The van der Waals surface area contributed by atoms with E-state index in [2.05, 4.69) is 10.2 Å². The summed E-state index contributed by atoms with van der Waals surface area (Å²) in [6, 6.07) is 2.83. The monoisotopic (exact) mass is 179 g/mol. The number of phenols is 1. The third-order valence-corrected chi connectivity index (χ3v) is 1.75. The van der Waals surface area contributed by atoms with Crippen LogP contribution in [0.15, 0.2) is 18.3 Å². The van der Waals surface area contributed by atoms with E-state index in [1.165, 1.54) is 12.3 Å². The first-order chi connectivity index (χ1) is 6.20. The smallest absolute Gasteiger partial charge is 0.336 e. The molecule has 0 amide bonds. The molecule has 0 unspecified atom stereocenters. The molecule has 1 heterocycles. The normalized spacial score (nSPS) is 10.5. The third-order valence-electron chi connectivity index (χ3n) is 1.75. The Morgan fingerprint density at radius 1 is 1.54 bits per heavy atom. The van der Waals surface area contributed by atoms with Gasteiger partial charge in [-0.2, -0.15) is 5.10 Å². The highest BCUT2D eigenvalue weighted by Crippen LogP contribution is 2.32. The summed E-state index contributed by atoms with van der Waals surface area (Å²) in [4.78, 5) is 9.89. The predicted molar refractivity (Wildman–Crippen MR) is 44.4 cm³/mol. The Kier molecular flexibility index (Phi) is 1.42. The molecule has 1 aromatic heterocycles. The molecular weight excluding hydrogens is 174 g/mol. The molecule has 6 heteroatoms. The van der Waals surface area contributed by atoms with Crippen molar-refractivity contribution in [1.82, 2.24) is 10.2 Å². The molecule has 0 spiro atoms. The van der Waals surface area contributed by atoms with E-state index in [1.807, 2.05) is 0 Å². The number of aromatic nitrogens is 2. The molecule has 66 valence electrons. The molecule has 2 aromatic rings. The van der Waals surface area contributed by atoms with Gasteiger partial charge in [-0.05, 0) is 12.1 Å². The van der Waals surface area contributed by atoms with Crippen LogP contribution in [0.1, 0.15) is 0 Å². The maximum absolute atomic E-state index is 10.5. The fourth-order valence-corrected chi connectivity index (χ4v) is 1.17. The van der Waals surface area contributed by atoms with E-state index in [0.717, 1.165) is 0 Å². The van der Waals surface area contributed by atoms with Crippen molar-refractivity contribution in [1.29, 1.82) is 0 Å². The second-order valence-corrected chi connectivity index (χ2v) is 2.52. The Bertz CT molecular complexity index is 477. The number of hydrogen-bond acceptors (Lipinski definition) is 4. The molecule has 13 heavy (non-hydrogen) atoms. The Labute approximate surface area is 72.0 Å². The summed E-state index contributed by atoms with van der Waals surface area (Å²) in [6.45, 7) is 0. The first-order valence-electron chi connectivity index (χ1n) is 3.49. The molecule has 0 radical (unpaired) electrons. The lowest BCUT2D eigenvalue weighted by Gasteiger charge is -1.95. The third kappa shape index (κ3) is 0.994. The van der Waals surface area contributed by atoms with Gasteiger partial charge in [0.15, 0.2) is 5.75 Å². The van der Waals surface area contributed by atoms with E-state index in [9.17, 15) is 15.2 Å². The molecule has 0 aliphatic carbocycles. The van der Waals surface area contributed by atoms with E-state index < -0.39 is 4.92 Å². The Hall–Kier alpha value is -2.11. The number of nitrogens with one attached hydrogen (secondary N) is 1. The van der Waals surface area contributed by atoms with Crippen LogP contribution >= 0.6 is 0 Å². The molecule has 0 bridgehead atoms. The number of nitro groups is 1. The van der Waals surface area contributed by atoms with Crippen LogP contribution in [-0.4, -0.2) is 20.2 Å². The highest BCUT2D eigenvalue weighted by atomic mass is 16.6. The van der Waals surface area contributed by atoms with E-state index in [-0.39, 0.29) is 17.0 Å². The molecule has 6 nitrogen and oxygen atoms in total. The van der Waals surface area contributed by atoms with Crippen LogP contribution in [0.2, 0.25) is 0 Å². The number of nitrogens with zero attached hydrogens (tertiary/aromatic N) is 2. The van der Waals surface area contributed by atoms with Crippen molar-refractivity contribution in [2.45, 2.75) is 0 Å². The predicted octanol–water partition coefficient (Wildman–Crippen LogP) is 1.18. The number of aromatic hydroxyl groups is 1. The summed E-state index contributed by atoms with van der Waals surface area (Å²) in [7, 11) is 0. The minimum atomic E-state index is -0.643. The van der Waals surface area contributed by atoms with Crippen LogP contribution in [0.25, 0.3) is 10.9 Å². The van der Waals surface area contributed by atoms with Crippen molar-refractivity contribution in [3.8, 4) is 5.75 Å². The van der Waals surface area contributed by atoms with E-state index in [0.29, 0.717) is 5.39 Å². The van der Waals surface area contributed by atoms with Gasteiger partial charge in [-0.15, -0.1) is 0 Å². The molecule has 0 aliphatic heterocycles. The van der Waals surface area contributed by atoms with Gasteiger partial charge >= 0.3 is 5.69 Å². The van der Waals surface area contributed by atoms with Gasteiger partial charge in [-0.1, -0.05) is 0 Å². The van der Waals surface area contributed by atoms with Crippen molar-refractivity contribution in [2.75, 3.05) is 0 Å². The lowest BCUT2D eigenvalue weighted by Crippen LogP contribution is -1.89. The number of phenolic OH excluding ortho intramolecular Hbond substituents is 1. The second kappa shape index (κ2) is 2.44. The van der Waals surface area contributed by atoms with Crippen LogP contribution in [0.3, 0.4) is 0 Å². The number of benzene rings is 1. The number of hydrogen-bond donors (Lipinski definition) is 2. The van der Waals surface area contributed by atoms with Crippen molar-refractivity contribution < 1.29 is 10.0 Å². The average molecular weight is 179 g/mol. The standard InChI is InChI=1S/C7H5N3O3/c11-5-2-1-4-3-8-9-6(4)7(5)10(12)13/h1-3,11H,(H,8,9). The summed E-state index contributed by atoms with van der Waals surface area (Å²) < 4.78 is 0. The van der Waals surface area contributed by atoms with Crippen molar-refractivity contribution >= 4 is 16.6 Å². The number of aromatic amines is 1. The summed E-state index contributed by atoms with van der Waals surface area (Å²) in [5.41, 5.74) is -0.0972. The largest absolute Gasteiger partial charge is 0.502 e. The van der Waals surface area contributed by atoms with E-state index in [4.69, 9.17) is 0 Å². The highest BCUT2D eigenvalue weighted by molar-refractivity contribution is 5.89. The van der Waals surface area contributed by atoms with Crippen LogP contribution in [0.5, 0.6) is 5.75 Å². The zero-order chi connectivity index (χ0) is 9.42. The van der Waals surface area contributed by atoms with Gasteiger partial charge < -0.3 is 5.11 Å². The van der Waals surface area contributed by atoms with Crippen molar-refractivity contribution in [2.24, 2.45) is 0 Å². The Balaban J connectivity index is 2.88. The van der Waals surface area contributed by atoms with Crippen LogP contribution < -0.4 is 0 Å². The fraction of sp³-hybridized carbons (Fsp3) is 0. The number of rotatable bonds is 1. The fourth-order valence-electron chi connectivity index (χ4n) is 1.17. The lowest BCUT2D eigenvalue weighted by atomic mass is 10.2. The number of H-pyrrole nitrogens is 1. The van der Waals surface area contributed by atoms with E-state index in [1.54, 1.807) is 6.07 Å². The SMILES string of the molecule is O=[N+]([O-])c1c(O)ccc2cn[nH]c12. The van der Waals surface area contributed by atoms with Gasteiger partial charge in [0, 0.05) is 5.39 Å². The van der Waals surface area contributed by atoms with Gasteiger partial charge in [-0.25, -0.2) is 0 Å². The van der Waals surface area contributed by atoms with Crippen LogP contribution in [0, 0.1) is 10.1 Å². The topological polar surface area (TPSA) is 92.1 Å².